The molecule has 5 nitrogen and oxygen atoms in total. The summed E-state index contributed by atoms with van der Waals surface area (Å²) in [5.41, 5.74) is 3.76. The summed E-state index contributed by atoms with van der Waals surface area (Å²) in [6.45, 7) is 1.75. The molecule has 0 unspecified atom stereocenters. The summed E-state index contributed by atoms with van der Waals surface area (Å²) in [6.07, 6.45) is 3.12. The Hall–Kier alpha value is -2.22. The third-order valence-corrected chi connectivity index (χ3v) is 1.67. The number of carbonyl (C=O) groups is 1. The molecule has 0 bridgehead atoms. The lowest BCUT2D eigenvalue weighted by Crippen LogP contribution is -2.18. The fourth-order valence-corrected chi connectivity index (χ4v) is 0.899. The topological polar surface area (TPSA) is 78.1 Å². The number of hydrogen-bond acceptors (Lipinski definition) is 4. The SMILES string of the molecule is CC(=NNC(=O)CC#N)c1cccnc1. The standard InChI is InChI=1S/C10H10N4O/c1-8(9-3-2-6-12-7-9)13-14-10(15)4-5-11/h2-3,6-7H,4H2,1H3,(H,14,15). The van der Waals surface area contributed by atoms with Crippen LogP contribution in [0.25, 0.3) is 0 Å². The van der Waals surface area contributed by atoms with E-state index in [4.69, 9.17) is 5.26 Å². The van der Waals surface area contributed by atoms with Crippen molar-refractivity contribution < 1.29 is 4.79 Å². The van der Waals surface area contributed by atoms with Crippen molar-refractivity contribution in [3.05, 3.63) is 30.1 Å². The molecular weight excluding hydrogens is 192 g/mol. The molecule has 0 spiro atoms. The van der Waals surface area contributed by atoms with Crippen LogP contribution in [0.4, 0.5) is 0 Å². The van der Waals surface area contributed by atoms with E-state index in [0.717, 1.165) is 5.56 Å². The highest BCUT2D eigenvalue weighted by Crippen LogP contribution is 1.97. The largest absolute Gasteiger partial charge is 0.272 e. The number of hydrogen-bond donors (Lipinski definition) is 1. The van der Waals surface area contributed by atoms with Gasteiger partial charge in [0.25, 0.3) is 5.91 Å². The van der Waals surface area contributed by atoms with Crippen molar-refractivity contribution in [2.75, 3.05) is 0 Å². The van der Waals surface area contributed by atoms with Crippen LogP contribution >= 0.6 is 0 Å². The maximum absolute atomic E-state index is 10.9. The average molecular weight is 202 g/mol. The predicted molar refractivity (Wildman–Crippen MR) is 54.8 cm³/mol. The van der Waals surface area contributed by atoms with E-state index >= 15 is 0 Å². The first kappa shape index (κ1) is 10.9. The second kappa shape index (κ2) is 5.50. The second-order valence-electron chi connectivity index (χ2n) is 2.81. The van der Waals surface area contributed by atoms with Crippen LogP contribution in [0.3, 0.4) is 0 Å². The number of aromatic nitrogens is 1. The second-order valence-corrected chi connectivity index (χ2v) is 2.81. The van der Waals surface area contributed by atoms with Crippen LogP contribution in [0, 0.1) is 11.3 Å². The van der Waals surface area contributed by atoms with Crippen molar-refractivity contribution in [2.24, 2.45) is 5.10 Å². The van der Waals surface area contributed by atoms with Gasteiger partial charge in [-0.05, 0) is 13.0 Å². The Bertz CT molecular complexity index is 405. The smallest absolute Gasteiger partial charge is 0.254 e. The third-order valence-electron chi connectivity index (χ3n) is 1.67. The van der Waals surface area contributed by atoms with E-state index in [1.165, 1.54) is 0 Å². The van der Waals surface area contributed by atoms with Gasteiger partial charge in [-0.25, -0.2) is 5.43 Å². The molecule has 0 saturated heterocycles. The number of hydrazone groups is 1. The van der Waals surface area contributed by atoms with Crippen molar-refractivity contribution in [3.8, 4) is 6.07 Å². The van der Waals surface area contributed by atoms with E-state index in [-0.39, 0.29) is 6.42 Å². The fraction of sp³-hybridized carbons (Fsp3) is 0.200. The maximum atomic E-state index is 10.9. The molecule has 1 N–H and O–H groups in total. The van der Waals surface area contributed by atoms with Crippen molar-refractivity contribution >= 4 is 11.6 Å². The molecule has 0 aromatic carbocycles. The van der Waals surface area contributed by atoms with Crippen molar-refractivity contribution in [2.45, 2.75) is 13.3 Å². The zero-order chi connectivity index (χ0) is 11.1. The van der Waals surface area contributed by atoms with Crippen LogP contribution in [-0.2, 0) is 4.79 Å². The first-order valence-corrected chi connectivity index (χ1v) is 4.34. The highest BCUT2D eigenvalue weighted by Gasteiger charge is 1.99. The highest BCUT2D eigenvalue weighted by molar-refractivity contribution is 5.98. The van der Waals surface area contributed by atoms with E-state index in [1.54, 1.807) is 31.5 Å². The van der Waals surface area contributed by atoms with Gasteiger partial charge in [0.05, 0.1) is 11.8 Å². The van der Waals surface area contributed by atoms with Crippen LogP contribution in [0.2, 0.25) is 0 Å². The van der Waals surface area contributed by atoms with E-state index in [9.17, 15) is 4.79 Å². The summed E-state index contributed by atoms with van der Waals surface area (Å²) in [5, 5.41) is 12.1. The molecule has 1 amide bonds. The third kappa shape index (κ3) is 3.56. The van der Waals surface area contributed by atoms with Crippen LogP contribution in [0.1, 0.15) is 18.9 Å². The van der Waals surface area contributed by atoms with Crippen LogP contribution in [0.5, 0.6) is 0 Å². The Morgan fingerprint density at radius 1 is 1.73 bits per heavy atom. The molecule has 0 aliphatic heterocycles. The molecule has 0 atom stereocenters. The number of nitriles is 1. The average Bonchev–Trinajstić information content (AvgIpc) is 2.27. The Labute approximate surface area is 87.4 Å². The quantitative estimate of drug-likeness (QED) is 0.582. The molecule has 1 heterocycles. The molecule has 0 aliphatic carbocycles. The molecule has 0 fully saturated rings. The van der Waals surface area contributed by atoms with E-state index in [0.29, 0.717) is 5.71 Å². The van der Waals surface area contributed by atoms with Crippen LogP contribution < -0.4 is 5.43 Å². The van der Waals surface area contributed by atoms with Gasteiger partial charge in [0.1, 0.15) is 6.42 Å². The molecule has 0 radical (unpaired) electrons. The fourth-order valence-electron chi connectivity index (χ4n) is 0.899. The van der Waals surface area contributed by atoms with Gasteiger partial charge in [0.15, 0.2) is 0 Å². The first-order valence-electron chi connectivity index (χ1n) is 4.34. The Morgan fingerprint density at radius 2 is 2.53 bits per heavy atom. The van der Waals surface area contributed by atoms with E-state index in [2.05, 4.69) is 15.5 Å². The van der Waals surface area contributed by atoms with Gasteiger partial charge in [-0.3, -0.25) is 9.78 Å². The minimum absolute atomic E-state index is 0.191. The number of pyridine rings is 1. The predicted octanol–water partition coefficient (Wildman–Crippen LogP) is 0.835. The number of amides is 1. The number of nitrogens with one attached hydrogen (secondary N) is 1. The molecule has 1 aromatic heterocycles. The summed E-state index contributed by atoms with van der Waals surface area (Å²) in [7, 11) is 0. The summed E-state index contributed by atoms with van der Waals surface area (Å²) < 4.78 is 0. The lowest BCUT2D eigenvalue weighted by molar-refractivity contribution is -0.120. The Kier molecular flexibility index (Phi) is 3.98. The van der Waals surface area contributed by atoms with Gasteiger partial charge in [-0.15, -0.1) is 0 Å². The van der Waals surface area contributed by atoms with Gasteiger partial charge >= 0.3 is 0 Å². The summed E-state index contributed by atoms with van der Waals surface area (Å²) >= 11 is 0. The summed E-state index contributed by atoms with van der Waals surface area (Å²) in [5.74, 6) is -0.416. The molecule has 76 valence electrons. The number of nitrogens with zero attached hydrogens (tertiary/aromatic N) is 3. The van der Waals surface area contributed by atoms with Gasteiger partial charge in [0.2, 0.25) is 0 Å². The molecule has 1 rings (SSSR count). The molecule has 5 heteroatoms. The van der Waals surface area contributed by atoms with E-state index < -0.39 is 5.91 Å². The molecule has 15 heavy (non-hydrogen) atoms. The van der Waals surface area contributed by atoms with Crippen LogP contribution in [-0.4, -0.2) is 16.6 Å². The van der Waals surface area contributed by atoms with Gasteiger partial charge in [0, 0.05) is 18.0 Å². The number of carbonyl (C=O) groups excluding carboxylic acids is 1. The minimum Gasteiger partial charge on any atom is -0.272 e. The lowest BCUT2D eigenvalue weighted by Gasteiger charge is -1.99. The Morgan fingerprint density at radius 3 is 3.13 bits per heavy atom. The number of rotatable bonds is 3. The first-order chi connectivity index (χ1) is 7.24. The normalized spacial score (nSPS) is 10.5. The van der Waals surface area contributed by atoms with Crippen LogP contribution in [0.15, 0.2) is 29.6 Å². The van der Waals surface area contributed by atoms with E-state index in [1.807, 2.05) is 6.07 Å². The highest BCUT2D eigenvalue weighted by atomic mass is 16.2. The monoisotopic (exact) mass is 202 g/mol. The summed E-state index contributed by atoms with van der Waals surface area (Å²) in [6, 6.07) is 5.36. The molecule has 0 saturated carbocycles. The zero-order valence-corrected chi connectivity index (χ0v) is 8.27. The van der Waals surface area contributed by atoms with Crippen molar-refractivity contribution in [1.82, 2.24) is 10.4 Å². The molecular formula is C10H10N4O. The molecule has 1 aromatic rings. The van der Waals surface area contributed by atoms with Gasteiger partial charge in [-0.2, -0.15) is 10.4 Å². The van der Waals surface area contributed by atoms with Crippen molar-refractivity contribution in [3.63, 3.8) is 0 Å². The zero-order valence-electron chi connectivity index (χ0n) is 8.27. The Balaban J connectivity index is 2.62. The minimum atomic E-state index is -0.416. The van der Waals surface area contributed by atoms with Crippen molar-refractivity contribution in [1.29, 1.82) is 5.26 Å². The van der Waals surface area contributed by atoms with Gasteiger partial charge in [-0.1, -0.05) is 6.07 Å². The lowest BCUT2D eigenvalue weighted by atomic mass is 10.2. The summed E-state index contributed by atoms with van der Waals surface area (Å²) in [4.78, 5) is 14.8. The molecule has 0 aliphatic rings. The maximum Gasteiger partial charge on any atom is 0.254 e. The van der Waals surface area contributed by atoms with Gasteiger partial charge < -0.3 is 0 Å².